The van der Waals surface area contributed by atoms with Crippen LogP contribution in [0.15, 0.2) is 48.9 Å². The molecule has 1 aromatic carbocycles. The number of aromatic nitrogens is 2. The summed E-state index contributed by atoms with van der Waals surface area (Å²) in [5.74, 6) is -0.237. The first-order chi connectivity index (χ1) is 13.3. The zero-order chi connectivity index (χ0) is 18.5. The van der Waals surface area contributed by atoms with E-state index in [1.165, 1.54) is 28.2 Å². The van der Waals surface area contributed by atoms with Crippen LogP contribution in [0.3, 0.4) is 0 Å². The molecule has 0 saturated heterocycles. The van der Waals surface area contributed by atoms with E-state index >= 15 is 0 Å². The van der Waals surface area contributed by atoms with Crippen LogP contribution in [0, 0.1) is 5.82 Å². The van der Waals surface area contributed by atoms with E-state index in [4.69, 9.17) is 4.84 Å². The van der Waals surface area contributed by atoms with E-state index in [0.29, 0.717) is 13.2 Å². The van der Waals surface area contributed by atoms with Gasteiger partial charge in [0.25, 0.3) is 0 Å². The minimum Gasteiger partial charge on any atom is -0.310 e. The SMILES string of the molecule is Fc1ccc(-c2cncc(CNCCON3C=c4cnsc4=CC3)c2)cc1. The Morgan fingerprint density at radius 2 is 2.04 bits per heavy atom. The van der Waals surface area contributed by atoms with Gasteiger partial charge in [0.2, 0.25) is 0 Å². The van der Waals surface area contributed by atoms with Crippen molar-refractivity contribution in [2.24, 2.45) is 0 Å². The lowest BCUT2D eigenvalue weighted by Gasteiger charge is -2.19. The van der Waals surface area contributed by atoms with Crippen molar-refractivity contribution in [3.8, 4) is 11.1 Å². The first-order valence-corrected chi connectivity index (χ1v) is 9.48. The molecule has 4 rings (SSSR count). The molecular weight excluding hydrogens is 363 g/mol. The molecule has 0 saturated carbocycles. The molecule has 1 aliphatic heterocycles. The summed E-state index contributed by atoms with van der Waals surface area (Å²) in [7, 11) is 0. The Hall–Kier alpha value is -2.61. The number of hydrogen-bond acceptors (Lipinski definition) is 6. The van der Waals surface area contributed by atoms with E-state index in [-0.39, 0.29) is 5.82 Å². The molecule has 0 unspecified atom stereocenters. The van der Waals surface area contributed by atoms with Gasteiger partial charge in [-0.15, -0.1) is 0 Å². The van der Waals surface area contributed by atoms with Gasteiger partial charge in [-0.05, 0) is 46.9 Å². The van der Waals surface area contributed by atoms with Gasteiger partial charge in [0.05, 0.1) is 23.9 Å². The molecule has 3 heterocycles. The fourth-order valence-electron chi connectivity index (χ4n) is 2.83. The summed E-state index contributed by atoms with van der Waals surface area (Å²) in [5.41, 5.74) is 3.00. The van der Waals surface area contributed by atoms with Gasteiger partial charge in [-0.2, -0.15) is 4.37 Å². The summed E-state index contributed by atoms with van der Waals surface area (Å²) in [6.07, 6.45) is 9.57. The van der Waals surface area contributed by atoms with E-state index in [1.807, 2.05) is 23.7 Å². The minimum absolute atomic E-state index is 0.237. The zero-order valence-electron chi connectivity index (χ0n) is 14.6. The molecule has 1 N–H and O–H groups in total. The van der Waals surface area contributed by atoms with Crippen LogP contribution in [0.5, 0.6) is 0 Å². The monoisotopic (exact) mass is 382 g/mol. The molecule has 2 aromatic heterocycles. The molecule has 0 atom stereocenters. The molecule has 5 nitrogen and oxygen atoms in total. The minimum atomic E-state index is -0.237. The van der Waals surface area contributed by atoms with Gasteiger partial charge in [-0.3, -0.25) is 14.9 Å². The predicted octanol–water partition coefficient (Wildman–Crippen LogP) is 1.90. The Labute approximate surface area is 160 Å². The molecule has 0 radical (unpaired) electrons. The summed E-state index contributed by atoms with van der Waals surface area (Å²) in [4.78, 5) is 10.0. The summed E-state index contributed by atoms with van der Waals surface area (Å²) in [6.45, 7) is 2.72. The first kappa shape index (κ1) is 17.8. The van der Waals surface area contributed by atoms with E-state index in [1.54, 1.807) is 18.3 Å². The molecule has 27 heavy (non-hydrogen) atoms. The second kappa shape index (κ2) is 8.39. The van der Waals surface area contributed by atoms with Crippen LogP contribution in [0.4, 0.5) is 4.39 Å². The van der Waals surface area contributed by atoms with Crippen LogP contribution >= 0.6 is 11.5 Å². The van der Waals surface area contributed by atoms with Crippen molar-refractivity contribution in [3.63, 3.8) is 0 Å². The topological polar surface area (TPSA) is 50.3 Å². The van der Waals surface area contributed by atoms with Crippen molar-refractivity contribution in [3.05, 3.63) is 70.1 Å². The molecule has 0 fully saturated rings. The number of nitrogens with one attached hydrogen (secondary N) is 1. The van der Waals surface area contributed by atoms with E-state index in [0.717, 1.165) is 35.0 Å². The highest BCUT2D eigenvalue weighted by atomic mass is 32.1. The lowest BCUT2D eigenvalue weighted by molar-refractivity contribution is -0.0924. The third-order valence-corrected chi connectivity index (χ3v) is 5.01. The fraction of sp³-hybridized carbons (Fsp3) is 0.200. The number of rotatable bonds is 7. The van der Waals surface area contributed by atoms with Gasteiger partial charge in [0, 0.05) is 42.5 Å². The molecule has 7 heteroatoms. The lowest BCUT2D eigenvalue weighted by Crippen LogP contribution is -2.33. The number of halogens is 1. The van der Waals surface area contributed by atoms with E-state index in [9.17, 15) is 4.39 Å². The summed E-state index contributed by atoms with van der Waals surface area (Å²) in [5, 5.41) is 6.29. The molecule has 0 spiro atoms. The highest BCUT2D eigenvalue weighted by molar-refractivity contribution is 7.03. The number of nitrogens with zero attached hydrogens (tertiary/aromatic N) is 3. The van der Waals surface area contributed by atoms with Gasteiger partial charge >= 0.3 is 0 Å². The van der Waals surface area contributed by atoms with Crippen LogP contribution in [0.1, 0.15) is 5.56 Å². The number of fused-ring (bicyclic) bond motifs is 1. The summed E-state index contributed by atoms with van der Waals surface area (Å²) in [6, 6.07) is 8.51. The van der Waals surface area contributed by atoms with Gasteiger partial charge in [-0.25, -0.2) is 4.39 Å². The molecule has 0 bridgehead atoms. The smallest absolute Gasteiger partial charge is 0.123 e. The van der Waals surface area contributed by atoms with Crippen molar-refractivity contribution in [2.45, 2.75) is 6.54 Å². The van der Waals surface area contributed by atoms with Crippen LogP contribution < -0.4 is 15.1 Å². The molecule has 0 amide bonds. The van der Waals surface area contributed by atoms with Crippen molar-refractivity contribution in [1.29, 1.82) is 0 Å². The number of benzene rings is 1. The molecule has 138 valence electrons. The standard InChI is InChI=1S/C20H19FN4OS/c21-19-3-1-16(2-4-19)17-9-15(11-23-12-17)10-22-6-8-26-25-7-5-20-18(14-25)13-24-27-20/h1-5,9,11-14,22H,6-8,10H2. The zero-order valence-corrected chi connectivity index (χ0v) is 15.5. The van der Waals surface area contributed by atoms with Gasteiger partial charge in [0.15, 0.2) is 0 Å². The number of hydrogen-bond donors (Lipinski definition) is 1. The Morgan fingerprint density at radius 1 is 1.15 bits per heavy atom. The second-order valence-electron chi connectivity index (χ2n) is 6.18. The molecule has 0 aliphatic carbocycles. The maximum atomic E-state index is 13.1. The summed E-state index contributed by atoms with van der Waals surface area (Å²) >= 11 is 1.50. The first-order valence-electron chi connectivity index (χ1n) is 8.71. The lowest BCUT2D eigenvalue weighted by atomic mass is 10.1. The highest BCUT2D eigenvalue weighted by Crippen LogP contribution is 2.19. The van der Waals surface area contributed by atoms with Gasteiger partial charge in [0.1, 0.15) is 5.82 Å². The highest BCUT2D eigenvalue weighted by Gasteiger charge is 2.05. The third-order valence-electron chi connectivity index (χ3n) is 4.20. The number of pyridine rings is 1. The second-order valence-corrected chi connectivity index (χ2v) is 7.01. The molecule has 3 aromatic rings. The van der Waals surface area contributed by atoms with E-state index in [2.05, 4.69) is 26.8 Å². The van der Waals surface area contributed by atoms with Crippen LogP contribution in [0.25, 0.3) is 23.4 Å². The molecular formula is C20H19FN4OS. The largest absolute Gasteiger partial charge is 0.310 e. The fourth-order valence-corrected chi connectivity index (χ4v) is 3.47. The Kier molecular flexibility index (Phi) is 5.53. The Balaban J connectivity index is 1.25. The van der Waals surface area contributed by atoms with Crippen LogP contribution in [-0.2, 0) is 11.4 Å². The normalized spacial score (nSPS) is 13.0. The maximum absolute atomic E-state index is 13.1. The maximum Gasteiger partial charge on any atom is 0.123 e. The third kappa shape index (κ3) is 4.57. The van der Waals surface area contributed by atoms with Crippen molar-refractivity contribution in [2.75, 3.05) is 19.7 Å². The van der Waals surface area contributed by atoms with Gasteiger partial charge in [-0.1, -0.05) is 12.1 Å². The Morgan fingerprint density at radius 3 is 2.93 bits per heavy atom. The average Bonchev–Trinajstić information content (AvgIpc) is 3.16. The van der Waals surface area contributed by atoms with Gasteiger partial charge < -0.3 is 5.32 Å². The van der Waals surface area contributed by atoms with Crippen LogP contribution in [0.2, 0.25) is 0 Å². The van der Waals surface area contributed by atoms with E-state index < -0.39 is 0 Å². The predicted molar refractivity (Wildman–Crippen MR) is 104 cm³/mol. The summed E-state index contributed by atoms with van der Waals surface area (Å²) < 4.78 is 18.4. The average molecular weight is 382 g/mol. The molecule has 1 aliphatic rings. The number of hydroxylamine groups is 2. The van der Waals surface area contributed by atoms with Crippen molar-refractivity contribution >= 4 is 23.8 Å². The van der Waals surface area contributed by atoms with Crippen molar-refractivity contribution < 1.29 is 9.23 Å². The van der Waals surface area contributed by atoms with Crippen LogP contribution in [-0.4, -0.2) is 34.1 Å². The quantitative estimate of drug-likeness (QED) is 0.633. The Bertz CT molecular complexity index is 1020. The van der Waals surface area contributed by atoms with Crippen molar-refractivity contribution in [1.82, 2.24) is 19.7 Å².